The number of fused-ring (bicyclic) bond motifs is 1. The van der Waals surface area contributed by atoms with Gasteiger partial charge in [-0.2, -0.15) is 0 Å². The summed E-state index contributed by atoms with van der Waals surface area (Å²) in [5.41, 5.74) is 3.23. The fourth-order valence-corrected chi connectivity index (χ4v) is 2.36. The summed E-state index contributed by atoms with van der Waals surface area (Å²) in [4.78, 5) is 4.46. The van der Waals surface area contributed by atoms with Crippen LogP contribution in [0.25, 0.3) is 10.9 Å². The highest BCUT2D eigenvalue weighted by Gasteiger charge is 2.06. The number of hydrogen-bond donors (Lipinski definition) is 1. The Morgan fingerprint density at radius 2 is 1.80 bits per heavy atom. The Labute approximate surface area is 123 Å². The van der Waals surface area contributed by atoms with Crippen LogP contribution < -0.4 is 5.32 Å². The molecule has 1 atom stereocenters. The van der Waals surface area contributed by atoms with E-state index in [4.69, 9.17) is 11.6 Å². The van der Waals surface area contributed by atoms with Gasteiger partial charge in [0, 0.05) is 16.5 Å². The molecule has 1 unspecified atom stereocenters. The number of aromatic nitrogens is 1. The van der Waals surface area contributed by atoms with Crippen molar-refractivity contribution in [3.8, 4) is 0 Å². The summed E-state index contributed by atoms with van der Waals surface area (Å²) in [6.45, 7) is 2.12. The third-order valence-electron chi connectivity index (χ3n) is 3.34. The van der Waals surface area contributed by atoms with Gasteiger partial charge in [0.1, 0.15) is 0 Å². The number of anilines is 1. The Kier molecular flexibility index (Phi) is 3.57. The van der Waals surface area contributed by atoms with Crippen LogP contribution in [0.15, 0.2) is 60.8 Å². The quantitative estimate of drug-likeness (QED) is 0.726. The molecule has 0 aliphatic carbocycles. The number of nitrogens with one attached hydrogen (secondary N) is 1. The van der Waals surface area contributed by atoms with Gasteiger partial charge >= 0.3 is 0 Å². The number of nitrogens with zero attached hydrogens (tertiary/aromatic N) is 1. The van der Waals surface area contributed by atoms with Gasteiger partial charge < -0.3 is 5.32 Å². The zero-order chi connectivity index (χ0) is 13.9. The first-order valence-corrected chi connectivity index (χ1v) is 6.97. The normalized spacial score (nSPS) is 12.3. The Morgan fingerprint density at radius 3 is 2.60 bits per heavy atom. The Bertz CT molecular complexity index is 722. The van der Waals surface area contributed by atoms with Gasteiger partial charge in [0.05, 0.1) is 17.4 Å². The molecule has 0 saturated heterocycles. The number of pyridine rings is 1. The number of rotatable bonds is 3. The van der Waals surface area contributed by atoms with Crippen molar-refractivity contribution in [1.29, 1.82) is 0 Å². The van der Waals surface area contributed by atoms with Crippen molar-refractivity contribution in [1.82, 2.24) is 4.98 Å². The van der Waals surface area contributed by atoms with E-state index in [-0.39, 0.29) is 6.04 Å². The van der Waals surface area contributed by atoms with E-state index in [1.54, 1.807) is 0 Å². The van der Waals surface area contributed by atoms with Gasteiger partial charge in [-0.1, -0.05) is 41.9 Å². The molecule has 20 heavy (non-hydrogen) atoms. The molecule has 0 amide bonds. The highest BCUT2D eigenvalue weighted by Crippen LogP contribution is 2.22. The summed E-state index contributed by atoms with van der Waals surface area (Å²) in [6.07, 6.45) is 1.87. The average Bonchev–Trinajstić information content (AvgIpc) is 2.48. The fraction of sp³-hybridized carbons (Fsp3) is 0.118. The number of para-hydroxylation sites is 1. The second-order valence-electron chi connectivity index (χ2n) is 4.83. The smallest absolute Gasteiger partial charge is 0.0703 e. The number of benzene rings is 2. The summed E-state index contributed by atoms with van der Waals surface area (Å²) in [5.74, 6) is 0. The Balaban J connectivity index is 1.83. The van der Waals surface area contributed by atoms with Gasteiger partial charge in [0.2, 0.25) is 0 Å². The molecule has 1 N–H and O–H groups in total. The van der Waals surface area contributed by atoms with Crippen LogP contribution in [0.2, 0.25) is 5.02 Å². The van der Waals surface area contributed by atoms with Crippen LogP contribution in [-0.2, 0) is 0 Å². The summed E-state index contributed by atoms with van der Waals surface area (Å²) in [5, 5.41) is 5.36. The van der Waals surface area contributed by atoms with Crippen molar-refractivity contribution in [3.63, 3.8) is 0 Å². The largest absolute Gasteiger partial charge is 0.377 e. The summed E-state index contributed by atoms with van der Waals surface area (Å²) in [7, 11) is 0. The molecule has 0 spiro atoms. The topological polar surface area (TPSA) is 24.9 Å². The molecule has 100 valence electrons. The van der Waals surface area contributed by atoms with Gasteiger partial charge in [-0.05, 0) is 36.8 Å². The first-order chi connectivity index (χ1) is 9.72. The standard InChI is InChI=1S/C17H15ClN2/c1-12(13-6-8-15(18)9-7-13)20-16-10-14-4-2-3-5-17(14)19-11-16/h2-12,20H,1H3. The van der Waals surface area contributed by atoms with Crippen molar-refractivity contribution in [3.05, 3.63) is 71.4 Å². The van der Waals surface area contributed by atoms with Gasteiger partial charge in [0.15, 0.2) is 0 Å². The van der Waals surface area contributed by atoms with E-state index < -0.39 is 0 Å². The fourth-order valence-electron chi connectivity index (χ4n) is 2.23. The monoisotopic (exact) mass is 282 g/mol. The van der Waals surface area contributed by atoms with Gasteiger partial charge in [-0.3, -0.25) is 4.98 Å². The SMILES string of the molecule is CC(Nc1cnc2ccccc2c1)c1ccc(Cl)cc1. The minimum Gasteiger partial charge on any atom is -0.377 e. The summed E-state index contributed by atoms with van der Waals surface area (Å²) >= 11 is 5.91. The zero-order valence-corrected chi connectivity index (χ0v) is 11.9. The number of halogens is 1. The maximum atomic E-state index is 5.91. The maximum Gasteiger partial charge on any atom is 0.0703 e. The molecule has 0 aliphatic rings. The first-order valence-electron chi connectivity index (χ1n) is 6.59. The molecule has 0 aliphatic heterocycles. The van der Waals surface area contributed by atoms with E-state index in [0.717, 1.165) is 21.6 Å². The lowest BCUT2D eigenvalue weighted by Crippen LogP contribution is -2.06. The molecule has 1 heterocycles. The van der Waals surface area contributed by atoms with Crippen LogP contribution in [0, 0.1) is 0 Å². The molecule has 2 nitrogen and oxygen atoms in total. The lowest BCUT2D eigenvalue weighted by atomic mass is 10.1. The molecular formula is C17H15ClN2. The third-order valence-corrected chi connectivity index (χ3v) is 3.60. The Morgan fingerprint density at radius 1 is 1.05 bits per heavy atom. The van der Waals surface area contributed by atoms with E-state index in [1.165, 1.54) is 5.56 Å². The molecule has 0 bridgehead atoms. The summed E-state index contributed by atoms with van der Waals surface area (Å²) < 4.78 is 0. The predicted octanol–water partition coefficient (Wildman–Crippen LogP) is 5.06. The van der Waals surface area contributed by atoms with E-state index >= 15 is 0 Å². The highest BCUT2D eigenvalue weighted by atomic mass is 35.5. The lowest BCUT2D eigenvalue weighted by molar-refractivity contribution is 0.884. The maximum absolute atomic E-state index is 5.91. The molecule has 0 saturated carbocycles. The molecule has 1 aromatic heterocycles. The van der Waals surface area contributed by atoms with Crippen LogP contribution in [0.1, 0.15) is 18.5 Å². The minimum atomic E-state index is 0.204. The van der Waals surface area contributed by atoms with E-state index in [9.17, 15) is 0 Å². The predicted molar refractivity (Wildman–Crippen MR) is 85.2 cm³/mol. The number of hydrogen-bond acceptors (Lipinski definition) is 2. The second kappa shape index (κ2) is 5.51. The Hall–Kier alpha value is -2.06. The zero-order valence-electron chi connectivity index (χ0n) is 11.2. The van der Waals surface area contributed by atoms with E-state index in [2.05, 4.69) is 29.4 Å². The molecule has 0 fully saturated rings. The van der Waals surface area contributed by atoms with Gasteiger partial charge in [-0.15, -0.1) is 0 Å². The molecule has 0 radical (unpaired) electrons. The van der Waals surface area contributed by atoms with Gasteiger partial charge in [-0.25, -0.2) is 0 Å². The van der Waals surface area contributed by atoms with E-state index in [0.29, 0.717) is 0 Å². The van der Waals surface area contributed by atoms with Crippen LogP contribution >= 0.6 is 11.6 Å². The minimum absolute atomic E-state index is 0.204. The highest BCUT2D eigenvalue weighted by molar-refractivity contribution is 6.30. The first kappa shape index (κ1) is 12.9. The van der Waals surface area contributed by atoms with Crippen LogP contribution in [0.3, 0.4) is 0 Å². The molecule has 3 heteroatoms. The van der Waals surface area contributed by atoms with Crippen molar-refractivity contribution >= 4 is 28.2 Å². The van der Waals surface area contributed by atoms with Gasteiger partial charge in [0.25, 0.3) is 0 Å². The lowest BCUT2D eigenvalue weighted by Gasteiger charge is -2.16. The van der Waals surface area contributed by atoms with Crippen molar-refractivity contribution in [2.75, 3.05) is 5.32 Å². The molecule has 3 rings (SSSR count). The summed E-state index contributed by atoms with van der Waals surface area (Å²) in [6, 6.07) is 18.3. The van der Waals surface area contributed by atoms with Crippen molar-refractivity contribution < 1.29 is 0 Å². The molecule has 3 aromatic rings. The second-order valence-corrected chi connectivity index (χ2v) is 5.27. The molecule has 2 aromatic carbocycles. The van der Waals surface area contributed by atoms with Crippen LogP contribution in [-0.4, -0.2) is 4.98 Å². The average molecular weight is 283 g/mol. The molecular weight excluding hydrogens is 268 g/mol. The van der Waals surface area contributed by atoms with Crippen molar-refractivity contribution in [2.24, 2.45) is 0 Å². The van der Waals surface area contributed by atoms with Crippen LogP contribution in [0.4, 0.5) is 5.69 Å². The van der Waals surface area contributed by atoms with Crippen LogP contribution in [0.5, 0.6) is 0 Å². The third kappa shape index (κ3) is 2.75. The van der Waals surface area contributed by atoms with E-state index in [1.807, 2.05) is 48.7 Å². The van der Waals surface area contributed by atoms with Crippen molar-refractivity contribution in [2.45, 2.75) is 13.0 Å².